The number of aromatic nitrogens is 3. The molecule has 0 aliphatic rings. The van der Waals surface area contributed by atoms with E-state index in [-0.39, 0.29) is 5.91 Å². The molecule has 0 saturated carbocycles. The van der Waals surface area contributed by atoms with Crippen LogP contribution in [0.3, 0.4) is 0 Å². The first-order chi connectivity index (χ1) is 12.0. The van der Waals surface area contributed by atoms with Crippen molar-refractivity contribution >= 4 is 55.2 Å². The van der Waals surface area contributed by atoms with Gasteiger partial charge in [0.05, 0.1) is 10.9 Å². The molecule has 0 radical (unpaired) electrons. The highest BCUT2D eigenvalue weighted by atomic mass is 79.9. The van der Waals surface area contributed by atoms with Gasteiger partial charge in [-0.05, 0) is 53.2 Å². The summed E-state index contributed by atoms with van der Waals surface area (Å²) in [6.07, 6.45) is 3.30. The van der Waals surface area contributed by atoms with Crippen LogP contribution in [0.25, 0.3) is 11.5 Å². The average molecular weight is 484 g/mol. The number of benzene rings is 1. The molecule has 1 atom stereocenters. The molecule has 128 valence electrons. The summed E-state index contributed by atoms with van der Waals surface area (Å²) in [7, 11) is 0. The lowest BCUT2D eigenvalue weighted by atomic mass is 10.3. The van der Waals surface area contributed by atoms with Crippen molar-refractivity contribution < 1.29 is 9.21 Å². The van der Waals surface area contributed by atoms with Gasteiger partial charge in [0.1, 0.15) is 0 Å². The molecule has 0 bridgehead atoms. The van der Waals surface area contributed by atoms with E-state index in [1.165, 1.54) is 11.8 Å². The number of amides is 1. The van der Waals surface area contributed by atoms with Crippen molar-refractivity contribution in [3.05, 3.63) is 51.7 Å². The summed E-state index contributed by atoms with van der Waals surface area (Å²) < 4.78 is 7.32. The number of carbonyl (C=O) groups is 1. The Balaban J connectivity index is 1.65. The predicted molar refractivity (Wildman–Crippen MR) is 103 cm³/mol. The second-order valence-electron chi connectivity index (χ2n) is 4.98. The maximum atomic E-state index is 12.4. The Morgan fingerprint density at radius 2 is 1.96 bits per heavy atom. The molecule has 1 aromatic carbocycles. The van der Waals surface area contributed by atoms with Crippen molar-refractivity contribution in [1.82, 2.24) is 15.2 Å². The maximum absolute atomic E-state index is 12.4. The third-order valence-electron chi connectivity index (χ3n) is 3.17. The lowest BCUT2D eigenvalue weighted by Gasteiger charge is -2.11. The highest BCUT2D eigenvalue weighted by Gasteiger charge is 2.19. The number of carbonyl (C=O) groups excluding carboxylic acids is 1. The van der Waals surface area contributed by atoms with Gasteiger partial charge in [0.15, 0.2) is 0 Å². The maximum Gasteiger partial charge on any atom is 0.277 e. The second kappa shape index (κ2) is 8.11. The van der Waals surface area contributed by atoms with Gasteiger partial charge in [0, 0.05) is 26.9 Å². The van der Waals surface area contributed by atoms with Crippen LogP contribution in [0.5, 0.6) is 0 Å². The number of hydrogen-bond donors (Lipinski definition) is 1. The Bertz CT molecular complexity index is 889. The van der Waals surface area contributed by atoms with Gasteiger partial charge in [-0.1, -0.05) is 27.7 Å². The molecule has 25 heavy (non-hydrogen) atoms. The molecule has 0 saturated heterocycles. The monoisotopic (exact) mass is 482 g/mol. The molecule has 1 unspecified atom stereocenters. The molecular formula is C16H12Br2N4O2S. The van der Waals surface area contributed by atoms with Crippen LogP contribution in [0.1, 0.15) is 6.92 Å². The van der Waals surface area contributed by atoms with E-state index in [1.54, 1.807) is 31.5 Å². The molecule has 6 nitrogen and oxygen atoms in total. The molecule has 9 heteroatoms. The first-order valence-corrected chi connectivity index (χ1v) is 9.66. The Hall–Kier alpha value is -1.71. The first-order valence-electron chi connectivity index (χ1n) is 7.19. The molecule has 2 aromatic heterocycles. The lowest BCUT2D eigenvalue weighted by Crippen LogP contribution is -2.22. The molecule has 0 spiro atoms. The van der Waals surface area contributed by atoms with E-state index in [9.17, 15) is 4.79 Å². The number of nitrogens with zero attached hydrogens (tertiary/aromatic N) is 3. The van der Waals surface area contributed by atoms with Crippen molar-refractivity contribution in [2.45, 2.75) is 17.4 Å². The Morgan fingerprint density at radius 3 is 2.68 bits per heavy atom. The van der Waals surface area contributed by atoms with E-state index in [2.05, 4.69) is 52.4 Å². The summed E-state index contributed by atoms with van der Waals surface area (Å²) in [5, 5.41) is 10.8. The zero-order valence-corrected chi connectivity index (χ0v) is 16.9. The van der Waals surface area contributed by atoms with E-state index in [1.807, 2.05) is 18.2 Å². The second-order valence-corrected chi connectivity index (χ2v) is 8.04. The van der Waals surface area contributed by atoms with Crippen LogP contribution in [0.15, 0.2) is 61.3 Å². The highest BCUT2D eigenvalue weighted by Crippen LogP contribution is 2.29. The molecule has 0 aliphatic heterocycles. The van der Waals surface area contributed by atoms with Gasteiger partial charge in [0.25, 0.3) is 5.22 Å². The zero-order chi connectivity index (χ0) is 17.8. The van der Waals surface area contributed by atoms with E-state index in [0.717, 1.165) is 14.5 Å². The molecule has 0 aliphatic carbocycles. The van der Waals surface area contributed by atoms with Gasteiger partial charge in [-0.2, -0.15) is 0 Å². The van der Waals surface area contributed by atoms with E-state index < -0.39 is 5.25 Å². The smallest absolute Gasteiger partial charge is 0.277 e. The fraction of sp³-hybridized carbons (Fsp3) is 0.125. The number of nitrogens with one attached hydrogen (secondary N) is 1. The van der Waals surface area contributed by atoms with Gasteiger partial charge in [-0.3, -0.25) is 9.78 Å². The molecule has 3 rings (SSSR count). The highest BCUT2D eigenvalue weighted by molar-refractivity contribution is 9.11. The fourth-order valence-corrected chi connectivity index (χ4v) is 3.73. The van der Waals surface area contributed by atoms with Crippen molar-refractivity contribution in [2.24, 2.45) is 0 Å². The number of anilines is 1. The summed E-state index contributed by atoms with van der Waals surface area (Å²) in [4.78, 5) is 16.3. The normalized spacial score (nSPS) is 12.0. The van der Waals surface area contributed by atoms with Crippen molar-refractivity contribution in [3.63, 3.8) is 0 Å². The number of rotatable bonds is 5. The van der Waals surface area contributed by atoms with Crippen LogP contribution in [0, 0.1) is 0 Å². The van der Waals surface area contributed by atoms with Gasteiger partial charge >= 0.3 is 0 Å². The van der Waals surface area contributed by atoms with E-state index in [0.29, 0.717) is 16.8 Å². The Kier molecular flexibility index (Phi) is 5.87. The summed E-state index contributed by atoms with van der Waals surface area (Å²) in [6, 6.07) is 9.10. The Morgan fingerprint density at radius 1 is 1.20 bits per heavy atom. The quantitative estimate of drug-likeness (QED) is 0.526. The van der Waals surface area contributed by atoms with Crippen LogP contribution < -0.4 is 5.32 Å². The standard InChI is InChI=1S/C16H12Br2N4O2S/c1-9(14(23)20-13-3-2-11(17)8-12(13)18)25-16-22-21-15(24-16)10-4-6-19-7-5-10/h2-9H,1H3,(H,20,23). The fourth-order valence-electron chi connectivity index (χ4n) is 1.90. The van der Waals surface area contributed by atoms with Crippen molar-refractivity contribution in [1.29, 1.82) is 0 Å². The number of pyridine rings is 1. The van der Waals surface area contributed by atoms with Crippen LogP contribution in [0.2, 0.25) is 0 Å². The van der Waals surface area contributed by atoms with E-state index >= 15 is 0 Å². The van der Waals surface area contributed by atoms with Gasteiger partial charge in [-0.15, -0.1) is 10.2 Å². The van der Waals surface area contributed by atoms with Gasteiger partial charge in [0.2, 0.25) is 11.8 Å². The minimum Gasteiger partial charge on any atom is -0.411 e. The van der Waals surface area contributed by atoms with Crippen LogP contribution in [-0.4, -0.2) is 26.3 Å². The summed E-state index contributed by atoms with van der Waals surface area (Å²) in [5.41, 5.74) is 1.48. The third kappa shape index (κ3) is 4.68. The largest absolute Gasteiger partial charge is 0.411 e. The van der Waals surface area contributed by atoms with Gasteiger partial charge in [-0.25, -0.2) is 0 Å². The molecule has 1 N–H and O–H groups in total. The predicted octanol–water partition coefficient (Wildman–Crippen LogP) is 4.78. The lowest BCUT2D eigenvalue weighted by molar-refractivity contribution is -0.115. The minimum atomic E-state index is -0.402. The topological polar surface area (TPSA) is 80.9 Å². The molecule has 0 fully saturated rings. The van der Waals surface area contributed by atoms with Gasteiger partial charge < -0.3 is 9.73 Å². The van der Waals surface area contributed by atoms with Crippen LogP contribution in [0.4, 0.5) is 5.69 Å². The van der Waals surface area contributed by atoms with Crippen molar-refractivity contribution in [2.75, 3.05) is 5.32 Å². The SMILES string of the molecule is CC(Sc1nnc(-c2ccncc2)o1)C(=O)Nc1ccc(Br)cc1Br. The molecule has 1 amide bonds. The number of thioether (sulfide) groups is 1. The third-order valence-corrected chi connectivity index (χ3v) is 5.25. The minimum absolute atomic E-state index is 0.156. The zero-order valence-electron chi connectivity index (χ0n) is 12.9. The Labute approximate surface area is 165 Å². The van der Waals surface area contributed by atoms with E-state index in [4.69, 9.17) is 4.42 Å². The van der Waals surface area contributed by atoms with Crippen LogP contribution >= 0.6 is 43.6 Å². The number of halogens is 2. The summed E-state index contributed by atoms with van der Waals surface area (Å²) in [5.74, 6) is 0.241. The molecule has 3 aromatic rings. The van der Waals surface area contributed by atoms with Crippen LogP contribution in [-0.2, 0) is 4.79 Å². The van der Waals surface area contributed by atoms with Crippen molar-refractivity contribution in [3.8, 4) is 11.5 Å². The number of hydrogen-bond acceptors (Lipinski definition) is 6. The average Bonchev–Trinajstić information content (AvgIpc) is 3.06. The molecular weight excluding hydrogens is 472 g/mol. The summed E-state index contributed by atoms with van der Waals surface area (Å²) in [6.45, 7) is 1.78. The first kappa shape index (κ1) is 18.1. The summed E-state index contributed by atoms with van der Waals surface area (Å²) >= 11 is 8.01. The molecule has 2 heterocycles.